The number of piperidine rings is 1. The fourth-order valence-corrected chi connectivity index (χ4v) is 8.25. The van der Waals surface area contributed by atoms with Gasteiger partial charge in [-0.1, -0.05) is 42.5 Å². The van der Waals surface area contributed by atoms with E-state index in [2.05, 4.69) is 12.4 Å². The van der Waals surface area contributed by atoms with E-state index >= 15 is 0 Å². The van der Waals surface area contributed by atoms with Gasteiger partial charge in [0, 0.05) is 17.7 Å². The third kappa shape index (κ3) is 8.16. The maximum absolute atomic E-state index is 14.3. The molecule has 0 aromatic heterocycles. The standard InChI is InChI=1S/C40H40N4O8S/c1-44(24-28-10-19-37-38(22-28)51-26-50-37)20-4-7-32(25-44)43(36(39(41)46)21-27-8-14-33(45)15-9-27)40(47)42-31-12-16-34(17-13-31)52-53(48,49)35-18-11-29-5-2-3-6-30(29)23-35/h2-3,5-6,8-19,22-23,32,36H,4,7,20-21,24-26H2,1H3,(H3-,41,42,45,46,47)/p+1/t32-,36-,44?/m0/s1. The van der Waals surface area contributed by atoms with Crippen molar-refractivity contribution in [1.82, 2.24) is 4.90 Å². The zero-order chi connectivity index (χ0) is 37.2. The second-order valence-corrected chi connectivity index (χ2v) is 15.4. The number of carbonyl (C=O) groups excluding carboxylic acids is 2. The van der Waals surface area contributed by atoms with Crippen LogP contribution in [0.5, 0.6) is 23.0 Å². The van der Waals surface area contributed by atoms with Gasteiger partial charge in [0.2, 0.25) is 12.7 Å². The fraction of sp³-hybridized carbons (Fsp3) is 0.250. The number of fused-ring (bicyclic) bond motifs is 2. The largest absolute Gasteiger partial charge is 0.508 e. The first-order valence-corrected chi connectivity index (χ1v) is 18.8. The number of hydrogen-bond donors (Lipinski definition) is 3. The number of hydrogen-bond acceptors (Lipinski definition) is 8. The van der Waals surface area contributed by atoms with Crippen LogP contribution < -0.4 is 24.7 Å². The zero-order valence-corrected chi connectivity index (χ0v) is 30.0. The van der Waals surface area contributed by atoms with Crippen molar-refractivity contribution < 1.29 is 41.3 Å². The Morgan fingerprint density at radius 1 is 0.925 bits per heavy atom. The molecule has 274 valence electrons. The van der Waals surface area contributed by atoms with Crippen LogP contribution in [-0.2, 0) is 27.9 Å². The highest BCUT2D eigenvalue weighted by Gasteiger charge is 2.41. The highest BCUT2D eigenvalue weighted by Crippen LogP contribution is 2.35. The van der Waals surface area contributed by atoms with E-state index in [1.54, 1.807) is 41.3 Å². The molecule has 1 saturated heterocycles. The van der Waals surface area contributed by atoms with Gasteiger partial charge in [-0.05, 0) is 95.9 Å². The van der Waals surface area contributed by atoms with E-state index in [-0.39, 0.29) is 35.7 Å². The molecule has 4 N–H and O–H groups in total. The van der Waals surface area contributed by atoms with Crippen LogP contribution in [0.25, 0.3) is 10.8 Å². The number of nitrogens with one attached hydrogen (secondary N) is 1. The minimum absolute atomic E-state index is 0.0201. The lowest BCUT2D eigenvalue weighted by atomic mass is 9.96. The van der Waals surface area contributed by atoms with Gasteiger partial charge in [0.05, 0.1) is 26.2 Å². The molecule has 1 unspecified atom stereocenters. The van der Waals surface area contributed by atoms with E-state index in [9.17, 15) is 23.1 Å². The number of nitrogens with zero attached hydrogens (tertiary/aromatic N) is 2. The molecule has 2 aliphatic rings. The smallest absolute Gasteiger partial charge is 0.339 e. The van der Waals surface area contributed by atoms with Gasteiger partial charge in [0.15, 0.2) is 11.5 Å². The number of phenolic OH excluding ortho intramolecular Hbond substituents is 1. The third-order valence-electron chi connectivity index (χ3n) is 9.87. The quantitative estimate of drug-likeness (QED) is 0.114. The van der Waals surface area contributed by atoms with Crippen molar-refractivity contribution in [1.29, 1.82) is 0 Å². The van der Waals surface area contributed by atoms with Crippen LogP contribution in [0.3, 0.4) is 0 Å². The third-order valence-corrected chi connectivity index (χ3v) is 11.1. The number of aromatic hydroxyl groups is 1. The van der Waals surface area contributed by atoms with Gasteiger partial charge in [0.1, 0.15) is 29.0 Å². The van der Waals surface area contributed by atoms with Crippen molar-refractivity contribution in [2.24, 2.45) is 5.73 Å². The molecule has 1 fully saturated rings. The zero-order valence-electron chi connectivity index (χ0n) is 29.2. The summed E-state index contributed by atoms with van der Waals surface area (Å²) in [5.74, 6) is 0.903. The Labute approximate surface area is 308 Å². The van der Waals surface area contributed by atoms with Crippen molar-refractivity contribution in [2.45, 2.75) is 42.8 Å². The number of amides is 3. The summed E-state index contributed by atoms with van der Waals surface area (Å²) in [6.07, 6.45) is 1.60. The summed E-state index contributed by atoms with van der Waals surface area (Å²) in [4.78, 5) is 29.1. The number of primary amides is 1. The normalized spacial score (nSPS) is 18.6. The second kappa shape index (κ2) is 14.7. The number of rotatable bonds is 11. The Bertz CT molecular complexity index is 2250. The first kappa shape index (κ1) is 35.6. The number of urea groups is 1. The molecule has 5 aromatic carbocycles. The highest BCUT2D eigenvalue weighted by atomic mass is 32.2. The molecule has 7 rings (SSSR count). The number of carbonyl (C=O) groups is 2. The predicted octanol–water partition coefficient (Wildman–Crippen LogP) is 5.78. The summed E-state index contributed by atoms with van der Waals surface area (Å²) in [5.41, 5.74) is 8.20. The molecular formula is C40H41N4O8S+. The number of anilines is 1. The van der Waals surface area contributed by atoms with Crippen LogP contribution >= 0.6 is 0 Å². The van der Waals surface area contributed by atoms with Gasteiger partial charge in [0.25, 0.3) is 0 Å². The number of likely N-dealkylation sites (tertiary alicyclic amines) is 1. The molecule has 3 atom stereocenters. The average Bonchev–Trinajstić information content (AvgIpc) is 3.60. The van der Waals surface area contributed by atoms with Crippen molar-refractivity contribution in [3.05, 3.63) is 120 Å². The number of nitrogens with two attached hydrogens (primary N) is 1. The molecule has 0 radical (unpaired) electrons. The summed E-state index contributed by atoms with van der Waals surface area (Å²) in [6.45, 7) is 2.28. The Kier molecular flexibility index (Phi) is 9.86. The predicted molar refractivity (Wildman–Crippen MR) is 199 cm³/mol. The van der Waals surface area contributed by atoms with E-state index in [1.807, 2.05) is 42.5 Å². The average molecular weight is 738 g/mol. The Morgan fingerprint density at radius 2 is 1.64 bits per heavy atom. The van der Waals surface area contributed by atoms with E-state index < -0.39 is 28.1 Å². The molecule has 13 heteroatoms. The molecule has 12 nitrogen and oxygen atoms in total. The van der Waals surface area contributed by atoms with Crippen molar-refractivity contribution in [3.8, 4) is 23.0 Å². The van der Waals surface area contributed by atoms with Crippen molar-refractivity contribution in [3.63, 3.8) is 0 Å². The van der Waals surface area contributed by atoms with Crippen molar-refractivity contribution in [2.75, 3.05) is 32.2 Å². The molecule has 5 aromatic rings. The van der Waals surface area contributed by atoms with Gasteiger partial charge in [-0.15, -0.1) is 0 Å². The molecule has 0 spiro atoms. The molecule has 2 aliphatic heterocycles. The molecular weight excluding hydrogens is 697 g/mol. The first-order valence-electron chi connectivity index (χ1n) is 17.4. The topological polar surface area (TPSA) is 157 Å². The minimum atomic E-state index is -4.14. The van der Waals surface area contributed by atoms with Gasteiger partial charge >= 0.3 is 16.1 Å². The summed E-state index contributed by atoms with van der Waals surface area (Å²) in [5, 5.41) is 14.4. The van der Waals surface area contributed by atoms with Gasteiger partial charge in [-0.3, -0.25) is 4.79 Å². The Balaban J connectivity index is 1.11. The van der Waals surface area contributed by atoms with Crippen LogP contribution in [0.1, 0.15) is 24.0 Å². The summed E-state index contributed by atoms with van der Waals surface area (Å²) >= 11 is 0. The van der Waals surface area contributed by atoms with Crippen LogP contribution in [0, 0.1) is 0 Å². The van der Waals surface area contributed by atoms with Crippen LogP contribution in [0.4, 0.5) is 10.5 Å². The van der Waals surface area contributed by atoms with Crippen molar-refractivity contribution >= 4 is 38.5 Å². The van der Waals surface area contributed by atoms with E-state index in [0.29, 0.717) is 41.2 Å². The number of benzene rings is 5. The monoisotopic (exact) mass is 737 g/mol. The number of likely N-dealkylation sites (N-methyl/N-ethyl adjacent to an activating group) is 1. The summed E-state index contributed by atoms with van der Waals surface area (Å²) in [7, 11) is -2.00. The number of phenols is 1. The molecule has 0 bridgehead atoms. The maximum atomic E-state index is 14.3. The minimum Gasteiger partial charge on any atom is -0.508 e. The molecule has 53 heavy (non-hydrogen) atoms. The lowest BCUT2D eigenvalue weighted by Gasteiger charge is -2.46. The summed E-state index contributed by atoms with van der Waals surface area (Å²) in [6, 6.07) is 28.7. The first-order chi connectivity index (χ1) is 25.4. The Morgan fingerprint density at radius 3 is 2.40 bits per heavy atom. The summed E-state index contributed by atoms with van der Waals surface area (Å²) < 4.78 is 43.4. The SMILES string of the molecule is C[N+]1(Cc2ccc3c(c2)OCO3)CCC[C@H](N(C(=O)Nc2ccc(OS(=O)(=O)c3ccc4ccccc4c3)cc2)[C@@H](Cc2ccc(O)cc2)C(N)=O)C1. The van der Waals surface area contributed by atoms with E-state index in [1.165, 1.54) is 30.3 Å². The highest BCUT2D eigenvalue weighted by molar-refractivity contribution is 7.87. The molecule has 0 saturated carbocycles. The van der Waals surface area contributed by atoms with Gasteiger partial charge in [-0.25, -0.2) is 4.79 Å². The second-order valence-electron chi connectivity index (χ2n) is 13.9. The number of ether oxygens (including phenoxy) is 2. The molecule has 0 aliphatic carbocycles. The molecule has 3 amide bonds. The maximum Gasteiger partial charge on any atom is 0.339 e. The van der Waals surface area contributed by atoms with Crippen LogP contribution in [0.15, 0.2) is 114 Å². The van der Waals surface area contributed by atoms with E-state index in [4.69, 9.17) is 19.4 Å². The fourth-order valence-electron chi connectivity index (χ4n) is 7.28. The van der Waals surface area contributed by atoms with E-state index in [0.717, 1.165) is 34.9 Å². The molecule has 2 heterocycles. The van der Waals surface area contributed by atoms with Crippen LogP contribution in [-0.4, -0.2) is 73.9 Å². The lowest BCUT2D eigenvalue weighted by molar-refractivity contribution is -0.928. The number of quaternary nitrogens is 1. The lowest BCUT2D eigenvalue weighted by Crippen LogP contribution is -2.62. The Hall–Kier alpha value is -5.79. The van der Waals surface area contributed by atoms with Gasteiger partial charge < -0.3 is 39.2 Å². The van der Waals surface area contributed by atoms with Gasteiger partial charge in [-0.2, -0.15) is 8.42 Å². The van der Waals surface area contributed by atoms with Crippen LogP contribution in [0.2, 0.25) is 0 Å².